The van der Waals surface area contributed by atoms with Crippen molar-refractivity contribution >= 4 is 0 Å². The highest BCUT2D eigenvalue weighted by molar-refractivity contribution is 5.82. The van der Waals surface area contributed by atoms with E-state index in [1.54, 1.807) is 14.2 Å². The molecule has 10 atom stereocenters. The van der Waals surface area contributed by atoms with Crippen LogP contribution >= 0.6 is 0 Å². The van der Waals surface area contributed by atoms with E-state index in [4.69, 9.17) is 42.6 Å². The molecule has 12 heteroatoms. The second-order valence-corrected chi connectivity index (χ2v) is 15.5. The molecule has 3 N–H and O–H groups in total. The first-order chi connectivity index (χ1) is 25.5. The normalized spacial score (nSPS) is 32.4. The maximum Gasteiger partial charge on any atom is 0.202 e. The number of rotatable bonds is 15. The van der Waals surface area contributed by atoms with Crippen LogP contribution in [0.2, 0.25) is 0 Å². The number of hydrogen-bond acceptors (Lipinski definition) is 12. The Hall–Kier alpha value is -2.36. The molecule has 0 aromatic heterocycles. The van der Waals surface area contributed by atoms with Gasteiger partial charge >= 0.3 is 0 Å². The van der Waals surface area contributed by atoms with Crippen molar-refractivity contribution in [3.05, 3.63) is 47.0 Å². The molecule has 6 rings (SSSR count). The van der Waals surface area contributed by atoms with E-state index in [-0.39, 0.29) is 31.3 Å². The van der Waals surface area contributed by atoms with Gasteiger partial charge in [0.2, 0.25) is 6.29 Å². The van der Waals surface area contributed by atoms with Gasteiger partial charge in [-0.25, -0.2) is 0 Å². The van der Waals surface area contributed by atoms with Crippen LogP contribution in [0.15, 0.2) is 30.3 Å². The fraction of sp³-hybridized carbons (Fsp3) is 0.707. The van der Waals surface area contributed by atoms with Crippen LogP contribution in [0, 0.1) is 6.92 Å². The van der Waals surface area contributed by atoms with E-state index in [1.165, 1.54) is 0 Å². The van der Waals surface area contributed by atoms with E-state index in [0.29, 0.717) is 38.0 Å². The van der Waals surface area contributed by atoms with Gasteiger partial charge in [-0.3, -0.25) is 0 Å². The summed E-state index contributed by atoms with van der Waals surface area (Å²) in [4.78, 5) is 0. The molecule has 2 aromatic carbocycles. The Bertz CT molecular complexity index is 1480. The lowest BCUT2D eigenvalue weighted by Gasteiger charge is -2.43. The zero-order valence-corrected chi connectivity index (χ0v) is 32.2. The molecular formula is C41H60O12. The minimum absolute atomic E-state index is 0.0302. The van der Waals surface area contributed by atoms with Crippen LogP contribution in [-0.2, 0) is 45.2 Å². The maximum absolute atomic E-state index is 11.3. The first kappa shape index (κ1) is 40.3. The van der Waals surface area contributed by atoms with Crippen molar-refractivity contribution in [1.82, 2.24) is 0 Å². The van der Waals surface area contributed by atoms with E-state index in [2.05, 4.69) is 58.0 Å². The van der Waals surface area contributed by atoms with Crippen molar-refractivity contribution < 1.29 is 58.0 Å². The summed E-state index contributed by atoms with van der Waals surface area (Å²) >= 11 is 0. The third-order valence-electron chi connectivity index (χ3n) is 10.8. The molecule has 0 aliphatic carbocycles. The Labute approximate surface area is 313 Å². The Balaban J connectivity index is 1.21. The number of aliphatic hydroxyl groups excluding tert-OH is 3. The highest BCUT2D eigenvalue weighted by Crippen LogP contribution is 2.51. The summed E-state index contributed by atoms with van der Waals surface area (Å²) in [7, 11) is 3.32. The lowest BCUT2D eigenvalue weighted by Crippen LogP contribution is -2.54. The average molecular weight is 745 g/mol. The summed E-state index contributed by atoms with van der Waals surface area (Å²) in [5.41, 5.74) is 4.63. The van der Waals surface area contributed by atoms with E-state index >= 15 is 0 Å². The maximum atomic E-state index is 11.3. The molecule has 0 radical (unpaired) electrons. The summed E-state index contributed by atoms with van der Waals surface area (Å²) in [6.07, 6.45) is 0.186. The molecule has 296 valence electrons. The lowest BCUT2D eigenvalue weighted by molar-refractivity contribution is -0.308. The van der Waals surface area contributed by atoms with Crippen LogP contribution < -0.4 is 9.47 Å². The molecule has 3 saturated heterocycles. The largest absolute Gasteiger partial charge is 0.482 e. The van der Waals surface area contributed by atoms with Gasteiger partial charge in [-0.15, -0.1) is 0 Å². The van der Waals surface area contributed by atoms with Gasteiger partial charge in [-0.1, -0.05) is 43.5 Å². The summed E-state index contributed by atoms with van der Waals surface area (Å²) in [5.74, 6) is 1.37. The molecular weight excluding hydrogens is 684 g/mol. The highest BCUT2D eigenvalue weighted by Gasteiger charge is 2.44. The van der Waals surface area contributed by atoms with Crippen molar-refractivity contribution in [3.63, 3.8) is 0 Å². The summed E-state index contributed by atoms with van der Waals surface area (Å²) in [6, 6.07) is 10.6. The van der Waals surface area contributed by atoms with Gasteiger partial charge in [0.05, 0.1) is 55.9 Å². The minimum atomic E-state index is -1.15. The molecule has 4 heterocycles. The van der Waals surface area contributed by atoms with E-state index in [0.717, 1.165) is 59.3 Å². The zero-order valence-electron chi connectivity index (χ0n) is 32.2. The topological polar surface area (TPSA) is 144 Å². The van der Waals surface area contributed by atoms with Crippen molar-refractivity contribution in [1.29, 1.82) is 0 Å². The second kappa shape index (κ2) is 18.1. The van der Waals surface area contributed by atoms with Crippen LogP contribution in [-0.4, -0.2) is 111 Å². The van der Waals surface area contributed by atoms with Gasteiger partial charge in [0.1, 0.15) is 29.3 Å². The molecule has 0 amide bonds. The number of benzene rings is 2. The van der Waals surface area contributed by atoms with Gasteiger partial charge in [0.15, 0.2) is 12.6 Å². The molecule has 0 spiro atoms. The Kier molecular flexibility index (Phi) is 13.7. The summed E-state index contributed by atoms with van der Waals surface area (Å²) in [5, 5.41) is 31.8. The van der Waals surface area contributed by atoms with Crippen molar-refractivity contribution in [2.24, 2.45) is 0 Å². The molecule has 0 bridgehead atoms. The van der Waals surface area contributed by atoms with Gasteiger partial charge in [-0.2, -0.15) is 0 Å². The third kappa shape index (κ3) is 9.72. The third-order valence-corrected chi connectivity index (χ3v) is 10.8. The molecule has 53 heavy (non-hydrogen) atoms. The molecule has 2 aromatic rings. The molecule has 4 aliphatic rings. The van der Waals surface area contributed by atoms with Crippen LogP contribution in [0.1, 0.15) is 88.8 Å². The zero-order chi connectivity index (χ0) is 37.7. The predicted octanol–water partition coefficient (Wildman–Crippen LogP) is 5.30. The fourth-order valence-corrected chi connectivity index (χ4v) is 8.09. The van der Waals surface area contributed by atoms with Crippen LogP contribution in [0.4, 0.5) is 0 Å². The first-order valence-corrected chi connectivity index (χ1v) is 19.4. The van der Waals surface area contributed by atoms with Gasteiger partial charge in [0.25, 0.3) is 0 Å². The molecule has 4 aliphatic heterocycles. The van der Waals surface area contributed by atoms with Crippen molar-refractivity contribution in [2.45, 2.75) is 153 Å². The quantitative estimate of drug-likeness (QED) is 0.204. The minimum Gasteiger partial charge on any atom is -0.482 e. The number of unbranched alkanes of at least 4 members (excludes halogenated alkanes) is 2. The smallest absolute Gasteiger partial charge is 0.202 e. The average Bonchev–Trinajstić information content (AvgIpc) is 3.12. The predicted molar refractivity (Wildman–Crippen MR) is 196 cm³/mol. The number of hydrogen-bond donors (Lipinski definition) is 3. The molecule has 0 saturated carbocycles. The Morgan fingerprint density at radius 1 is 0.830 bits per heavy atom. The van der Waals surface area contributed by atoms with E-state index in [9.17, 15) is 15.3 Å². The molecule has 0 unspecified atom stereocenters. The molecule has 12 nitrogen and oxygen atoms in total. The van der Waals surface area contributed by atoms with Crippen LogP contribution in [0.25, 0.3) is 11.1 Å². The van der Waals surface area contributed by atoms with Gasteiger partial charge in [0, 0.05) is 51.9 Å². The highest BCUT2D eigenvalue weighted by atomic mass is 16.7. The molecule has 3 fully saturated rings. The second-order valence-electron chi connectivity index (χ2n) is 15.5. The summed E-state index contributed by atoms with van der Waals surface area (Å²) in [6.45, 7) is 8.19. The monoisotopic (exact) mass is 744 g/mol. The number of methoxy groups -OCH3 is 2. The Morgan fingerprint density at radius 3 is 2.32 bits per heavy atom. The van der Waals surface area contributed by atoms with Gasteiger partial charge < -0.3 is 58.0 Å². The number of aliphatic hydroxyl groups is 3. The number of fused-ring (bicyclic) bond motifs is 3. The van der Waals surface area contributed by atoms with E-state index < -0.39 is 55.5 Å². The van der Waals surface area contributed by atoms with Crippen molar-refractivity contribution in [2.75, 3.05) is 34.0 Å². The first-order valence-electron chi connectivity index (χ1n) is 19.4. The van der Waals surface area contributed by atoms with Crippen LogP contribution in [0.5, 0.6) is 11.5 Å². The van der Waals surface area contributed by atoms with E-state index in [1.807, 2.05) is 0 Å². The van der Waals surface area contributed by atoms with Crippen LogP contribution in [0.3, 0.4) is 0 Å². The Morgan fingerprint density at radius 2 is 1.58 bits per heavy atom. The summed E-state index contributed by atoms with van der Waals surface area (Å²) < 4.78 is 55.7. The lowest BCUT2D eigenvalue weighted by atomic mass is 9.84. The SMILES string of the molecule is CCCCCc1cc(O[C@H]2C[C@@H](O[C@H]3C[C@@H](O[C@H]4C[C@@H](OC)C[C@@H](COC)O4)C[C@@H](CO)O3)[C@H](O)[C@@H](CO)O2)c2c(c1)OC(C)(C)c1ccc(C)cc1-2. The number of aryl methyl sites for hydroxylation is 2. The van der Waals surface area contributed by atoms with Gasteiger partial charge in [-0.05, 0) is 56.9 Å². The fourth-order valence-electron chi connectivity index (χ4n) is 8.09. The number of ether oxygens (including phenoxy) is 9. The standard InChI is InChI=1S/C41H60O12/c1-7-8-9-10-25-14-32(39-30-13-24(2)11-12-31(30)41(3,4)53-33(39)15-25)50-38-20-34(40(44)35(22-43)52-38)51-37-19-27(17-28(21-42)48-37)47-36-18-26(46-6)16-29(49-36)23-45-5/h11-15,26-29,34-38,40,42-44H,7-10,16-23H2,1-6H3/t26-,27-,28-,29-,34+,35+,36+,37-,38+,40-/m0/s1. The van der Waals surface area contributed by atoms with Crippen molar-refractivity contribution in [3.8, 4) is 22.6 Å².